The molecule has 1 N–H and O–H groups in total. The number of amides is 1. The molecule has 0 fully saturated rings. The summed E-state index contributed by atoms with van der Waals surface area (Å²) in [7, 11) is 0. The maximum atomic E-state index is 12.4. The standard InChI is InChI=1S/C14H9BrF3NOS/c15-9-3-6-11(12(21)7-9)13(20)19-10-4-1-8(2-5-10)14(16,17)18/h1-7,21H,(H,19,20). The molecule has 2 rings (SSSR count). The van der Waals surface area contributed by atoms with E-state index in [9.17, 15) is 18.0 Å². The fourth-order valence-corrected chi connectivity index (χ4v) is 2.49. The fourth-order valence-electron chi connectivity index (χ4n) is 1.64. The van der Waals surface area contributed by atoms with E-state index in [1.165, 1.54) is 12.1 Å². The highest BCUT2D eigenvalue weighted by Crippen LogP contribution is 2.30. The molecule has 0 heterocycles. The number of halogens is 4. The number of hydrogen-bond acceptors (Lipinski definition) is 2. The highest BCUT2D eigenvalue weighted by Gasteiger charge is 2.30. The SMILES string of the molecule is O=C(Nc1ccc(C(F)(F)F)cc1)c1ccc(Br)cc1S. The third-order valence-electron chi connectivity index (χ3n) is 2.67. The van der Waals surface area contributed by atoms with Gasteiger partial charge in [-0.15, -0.1) is 12.6 Å². The summed E-state index contributed by atoms with van der Waals surface area (Å²) in [6.45, 7) is 0. The van der Waals surface area contributed by atoms with E-state index in [4.69, 9.17) is 0 Å². The predicted octanol–water partition coefficient (Wildman–Crippen LogP) is 5.01. The van der Waals surface area contributed by atoms with Crippen LogP contribution in [-0.4, -0.2) is 5.91 Å². The molecule has 0 saturated carbocycles. The molecule has 0 atom stereocenters. The van der Waals surface area contributed by atoms with Crippen LogP contribution >= 0.6 is 28.6 Å². The first-order chi connectivity index (χ1) is 9.77. The number of alkyl halides is 3. The van der Waals surface area contributed by atoms with Gasteiger partial charge < -0.3 is 5.32 Å². The average molecular weight is 376 g/mol. The Bertz CT molecular complexity index is 671. The van der Waals surface area contributed by atoms with Gasteiger partial charge in [0.2, 0.25) is 0 Å². The molecule has 0 aliphatic rings. The Morgan fingerprint density at radius 3 is 2.24 bits per heavy atom. The van der Waals surface area contributed by atoms with Crippen molar-refractivity contribution < 1.29 is 18.0 Å². The van der Waals surface area contributed by atoms with E-state index in [1.54, 1.807) is 18.2 Å². The van der Waals surface area contributed by atoms with Gasteiger partial charge in [0.1, 0.15) is 0 Å². The minimum absolute atomic E-state index is 0.281. The van der Waals surface area contributed by atoms with Crippen LogP contribution in [0.25, 0.3) is 0 Å². The molecule has 1 amide bonds. The monoisotopic (exact) mass is 375 g/mol. The third-order valence-corrected chi connectivity index (χ3v) is 3.54. The van der Waals surface area contributed by atoms with Gasteiger partial charge in [-0.1, -0.05) is 15.9 Å². The molecule has 0 saturated heterocycles. The van der Waals surface area contributed by atoms with Crippen LogP contribution in [-0.2, 0) is 6.18 Å². The number of hydrogen-bond donors (Lipinski definition) is 2. The van der Waals surface area contributed by atoms with Crippen LogP contribution in [0.5, 0.6) is 0 Å². The molecule has 7 heteroatoms. The Kier molecular flexibility index (Phi) is 4.63. The molecular weight excluding hydrogens is 367 g/mol. The van der Waals surface area contributed by atoms with Gasteiger partial charge in [-0.25, -0.2) is 0 Å². The van der Waals surface area contributed by atoms with E-state index >= 15 is 0 Å². The second-order valence-corrected chi connectivity index (χ2v) is 5.59. The van der Waals surface area contributed by atoms with Crippen molar-refractivity contribution in [2.75, 3.05) is 5.32 Å². The molecule has 0 bridgehead atoms. The maximum absolute atomic E-state index is 12.4. The van der Waals surface area contributed by atoms with Gasteiger partial charge in [-0.2, -0.15) is 13.2 Å². The summed E-state index contributed by atoms with van der Waals surface area (Å²) in [5.74, 6) is -0.438. The Morgan fingerprint density at radius 2 is 1.71 bits per heavy atom. The first-order valence-electron chi connectivity index (χ1n) is 5.74. The molecule has 110 valence electrons. The van der Waals surface area contributed by atoms with Crippen LogP contribution < -0.4 is 5.32 Å². The van der Waals surface area contributed by atoms with E-state index in [2.05, 4.69) is 33.9 Å². The normalized spacial score (nSPS) is 11.3. The minimum Gasteiger partial charge on any atom is -0.322 e. The van der Waals surface area contributed by atoms with Crippen LogP contribution in [0.2, 0.25) is 0 Å². The molecule has 21 heavy (non-hydrogen) atoms. The average Bonchev–Trinajstić information content (AvgIpc) is 2.38. The van der Waals surface area contributed by atoms with Gasteiger partial charge in [-0.3, -0.25) is 4.79 Å². The summed E-state index contributed by atoms with van der Waals surface area (Å²) in [4.78, 5) is 12.5. The number of rotatable bonds is 2. The quantitative estimate of drug-likeness (QED) is 0.709. The summed E-state index contributed by atoms with van der Waals surface area (Å²) in [5.41, 5.74) is -0.149. The van der Waals surface area contributed by atoms with Crippen molar-refractivity contribution in [3.05, 3.63) is 58.1 Å². The molecular formula is C14H9BrF3NOS. The van der Waals surface area contributed by atoms with Crippen molar-refractivity contribution in [2.45, 2.75) is 11.1 Å². The lowest BCUT2D eigenvalue weighted by Gasteiger charge is -2.10. The topological polar surface area (TPSA) is 29.1 Å². The highest BCUT2D eigenvalue weighted by atomic mass is 79.9. The summed E-state index contributed by atoms with van der Waals surface area (Å²) in [5, 5.41) is 2.53. The summed E-state index contributed by atoms with van der Waals surface area (Å²) in [6, 6.07) is 9.16. The molecule has 0 spiro atoms. The van der Waals surface area contributed by atoms with Crippen LogP contribution in [0.15, 0.2) is 51.8 Å². The van der Waals surface area contributed by atoms with Gasteiger partial charge in [0.25, 0.3) is 5.91 Å². The number of benzene rings is 2. The van der Waals surface area contributed by atoms with E-state index in [1.807, 2.05) is 0 Å². The van der Waals surface area contributed by atoms with Gasteiger partial charge in [-0.05, 0) is 42.5 Å². The maximum Gasteiger partial charge on any atom is 0.416 e. The zero-order valence-corrected chi connectivity index (χ0v) is 12.9. The third kappa shape index (κ3) is 4.01. The highest BCUT2D eigenvalue weighted by molar-refractivity contribution is 9.10. The van der Waals surface area contributed by atoms with Gasteiger partial charge >= 0.3 is 6.18 Å². The summed E-state index contributed by atoms with van der Waals surface area (Å²) in [6.07, 6.45) is -4.40. The minimum atomic E-state index is -4.40. The molecule has 0 aliphatic carbocycles. The van der Waals surface area contributed by atoms with Crippen molar-refractivity contribution >= 4 is 40.2 Å². The first kappa shape index (κ1) is 15.9. The lowest BCUT2D eigenvalue weighted by atomic mass is 10.1. The molecule has 2 aromatic rings. The summed E-state index contributed by atoms with van der Waals surface area (Å²) < 4.78 is 38.1. The molecule has 0 radical (unpaired) electrons. The molecule has 0 unspecified atom stereocenters. The molecule has 2 aromatic carbocycles. The van der Waals surface area contributed by atoms with Crippen LogP contribution in [0.4, 0.5) is 18.9 Å². The van der Waals surface area contributed by atoms with E-state index in [-0.39, 0.29) is 5.69 Å². The second-order valence-electron chi connectivity index (χ2n) is 4.19. The van der Waals surface area contributed by atoms with E-state index < -0.39 is 17.6 Å². The first-order valence-corrected chi connectivity index (χ1v) is 6.98. The largest absolute Gasteiger partial charge is 0.416 e. The summed E-state index contributed by atoms with van der Waals surface area (Å²) >= 11 is 7.44. The lowest BCUT2D eigenvalue weighted by molar-refractivity contribution is -0.137. The molecule has 0 aromatic heterocycles. The number of nitrogens with one attached hydrogen (secondary N) is 1. The number of carbonyl (C=O) groups excluding carboxylic acids is 1. The number of carbonyl (C=O) groups is 1. The van der Waals surface area contributed by atoms with Crippen molar-refractivity contribution in [2.24, 2.45) is 0 Å². The van der Waals surface area contributed by atoms with Crippen LogP contribution in [0.1, 0.15) is 15.9 Å². The van der Waals surface area contributed by atoms with Crippen molar-refractivity contribution in [3.8, 4) is 0 Å². The van der Waals surface area contributed by atoms with Gasteiger partial charge in [0, 0.05) is 15.1 Å². The Hall–Kier alpha value is -1.47. The predicted molar refractivity (Wildman–Crippen MR) is 80.8 cm³/mol. The van der Waals surface area contributed by atoms with Crippen molar-refractivity contribution in [3.63, 3.8) is 0 Å². The van der Waals surface area contributed by atoms with Gasteiger partial charge in [0.05, 0.1) is 11.1 Å². The van der Waals surface area contributed by atoms with E-state index in [0.717, 1.165) is 16.6 Å². The van der Waals surface area contributed by atoms with Gasteiger partial charge in [0.15, 0.2) is 0 Å². The Labute approximate surface area is 132 Å². The second kappa shape index (κ2) is 6.11. The number of thiol groups is 1. The van der Waals surface area contributed by atoms with Crippen molar-refractivity contribution in [1.29, 1.82) is 0 Å². The van der Waals surface area contributed by atoms with Crippen LogP contribution in [0, 0.1) is 0 Å². The van der Waals surface area contributed by atoms with Crippen LogP contribution in [0.3, 0.4) is 0 Å². The Morgan fingerprint density at radius 1 is 1.10 bits per heavy atom. The number of anilines is 1. The lowest BCUT2D eigenvalue weighted by Crippen LogP contribution is -2.13. The molecule has 2 nitrogen and oxygen atoms in total. The Balaban J connectivity index is 2.16. The zero-order valence-electron chi connectivity index (χ0n) is 10.4. The smallest absolute Gasteiger partial charge is 0.322 e. The fraction of sp³-hybridized carbons (Fsp3) is 0.0714. The zero-order chi connectivity index (χ0) is 15.6. The molecule has 0 aliphatic heterocycles. The van der Waals surface area contributed by atoms with Crippen molar-refractivity contribution in [1.82, 2.24) is 0 Å². The van der Waals surface area contributed by atoms with E-state index in [0.29, 0.717) is 10.5 Å².